The van der Waals surface area contributed by atoms with Crippen LogP contribution in [-0.2, 0) is 19.1 Å². The second-order valence-corrected chi connectivity index (χ2v) is 3.70. The molecule has 1 aliphatic rings. The van der Waals surface area contributed by atoms with E-state index < -0.39 is 0 Å². The van der Waals surface area contributed by atoms with Gasteiger partial charge in [0.15, 0.2) is 0 Å². The Hall–Kier alpha value is 0.605. The summed E-state index contributed by atoms with van der Waals surface area (Å²) in [4.78, 5) is 10.1. The summed E-state index contributed by atoms with van der Waals surface area (Å²) in [5.74, 6) is 1.28. The van der Waals surface area contributed by atoms with Crippen molar-refractivity contribution in [2.75, 3.05) is 24.7 Å². The lowest BCUT2D eigenvalue weighted by Gasteiger charge is -2.14. The normalized spacial score (nSPS) is 29.9. The van der Waals surface area contributed by atoms with Gasteiger partial charge in [0.1, 0.15) is 12.7 Å². The van der Waals surface area contributed by atoms with Crippen LogP contribution in [0.25, 0.3) is 0 Å². The van der Waals surface area contributed by atoms with Crippen LogP contribution in [0.1, 0.15) is 6.42 Å². The Morgan fingerprint density at radius 3 is 2.79 bits per heavy atom. The minimum Gasteiger partial charge on any atom is -0.410 e. The fourth-order valence-electron chi connectivity index (χ4n) is 0.921. The van der Waals surface area contributed by atoms with E-state index in [9.17, 15) is 0 Å². The van der Waals surface area contributed by atoms with Gasteiger partial charge in [-0.25, -0.2) is 9.78 Å². The van der Waals surface area contributed by atoms with Crippen LogP contribution in [0.2, 0.25) is 0 Å². The van der Waals surface area contributed by atoms with Gasteiger partial charge in [0.25, 0.3) is 0 Å². The molecule has 0 N–H and O–H groups in total. The monoisotopic (exact) mass is 237 g/mol. The number of hydrogen-bond acceptors (Lipinski definition) is 6. The highest BCUT2D eigenvalue weighted by molar-refractivity contribution is 7.80. The van der Waals surface area contributed by atoms with Gasteiger partial charge in [-0.15, -0.1) is 0 Å². The molecule has 0 aromatic rings. The first-order valence-corrected chi connectivity index (χ1v) is 5.72. The van der Waals surface area contributed by atoms with Crippen molar-refractivity contribution in [2.24, 2.45) is 0 Å². The quantitative estimate of drug-likeness (QED) is 0.426. The van der Waals surface area contributed by atoms with Crippen LogP contribution in [0.4, 0.5) is 0 Å². The molecule has 2 atom stereocenters. The third-order valence-electron chi connectivity index (χ3n) is 1.71. The standard InChI is InChI=1S/C7H14BO4S2/c13-2-1-6-4-10-12-7(5-14)3-9-8-11-6/h6-7,13-14H,1-5H2. The van der Waals surface area contributed by atoms with E-state index in [1.165, 1.54) is 7.69 Å². The van der Waals surface area contributed by atoms with Crippen LogP contribution in [0.3, 0.4) is 0 Å². The van der Waals surface area contributed by atoms with E-state index in [-0.39, 0.29) is 12.2 Å². The molecule has 0 spiro atoms. The maximum absolute atomic E-state index is 5.27. The summed E-state index contributed by atoms with van der Waals surface area (Å²) in [5.41, 5.74) is 0. The minimum atomic E-state index is -0.159. The van der Waals surface area contributed by atoms with Crippen molar-refractivity contribution >= 4 is 32.9 Å². The maximum Gasteiger partial charge on any atom is 0.488 e. The molecule has 0 aliphatic carbocycles. The molecule has 4 nitrogen and oxygen atoms in total. The molecule has 1 heterocycles. The molecule has 14 heavy (non-hydrogen) atoms. The summed E-state index contributed by atoms with van der Waals surface area (Å²) in [6, 6.07) is 0. The Morgan fingerprint density at radius 2 is 2.07 bits per heavy atom. The molecule has 0 amide bonds. The average molecular weight is 237 g/mol. The first kappa shape index (κ1) is 12.7. The molecular formula is C7H14BO4S2. The van der Waals surface area contributed by atoms with Gasteiger partial charge in [-0.1, -0.05) is 0 Å². The Balaban J connectivity index is 2.28. The topological polar surface area (TPSA) is 36.9 Å². The lowest BCUT2D eigenvalue weighted by molar-refractivity contribution is -0.327. The molecule has 81 valence electrons. The summed E-state index contributed by atoms with van der Waals surface area (Å²) in [5, 5.41) is 0. The Morgan fingerprint density at radius 1 is 1.21 bits per heavy atom. The Labute approximate surface area is 95.7 Å². The van der Waals surface area contributed by atoms with Crippen molar-refractivity contribution in [3.05, 3.63) is 0 Å². The van der Waals surface area contributed by atoms with Crippen LogP contribution in [0, 0.1) is 0 Å². The van der Waals surface area contributed by atoms with Crippen LogP contribution < -0.4 is 0 Å². The Kier molecular flexibility index (Phi) is 7.10. The van der Waals surface area contributed by atoms with Gasteiger partial charge in [0.2, 0.25) is 0 Å². The molecule has 0 saturated carbocycles. The van der Waals surface area contributed by atoms with Gasteiger partial charge in [0, 0.05) is 5.75 Å². The highest BCUT2D eigenvalue weighted by atomic mass is 32.1. The third-order valence-corrected chi connectivity index (χ3v) is 2.38. The summed E-state index contributed by atoms with van der Waals surface area (Å²) in [6.45, 7) is 0.766. The van der Waals surface area contributed by atoms with E-state index in [0.717, 1.165) is 12.2 Å². The van der Waals surface area contributed by atoms with Crippen molar-refractivity contribution in [3.8, 4) is 0 Å². The molecule has 1 fully saturated rings. The fourth-order valence-corrected chi connectivity index (χ4v) is 1.38. The highest BCUT2D eigenvalue weighted by Gasteiger charge is 2.17. The van der Waals surface area contributed by atoms with Gasteiger partial charge in [-0.3, -0.25) is 0 Å². The zero-order valence-electron chi connectivity index (χ0n) is 7.80. The van der Waals surface area contributed by atoms with E-state index in [0.29, 0.717) is 19.0 Å². The molecule has 7 heteroatoms. The largest absolute Gasteiger partial charge is 0.488 e. The first-order chi connectivity index (χ1) is 6.86. The van der Waals surface area contributed by atoms with Crippen LogP contribution in [0.5, 0.6) is 0 Å². The molecule has 0 aromatic heterocycles. The lowest BCUT2D eigenvalue weighted by Crippen LogP contribution is -2.22. The smallest absolute Gasteiger partial charge is 0.410 e. The number of thiol groups is 2. The van der Waals surface area contributed by atoms with Crippen molar-refractivity contribution in [1.29, 1.82) is 0 Å². The Bertz CT molecular complexity index is 152. The molecule has 1 rings (SSSR count). The lowest BCUT2D eigenvalue weighted by atomic mass is 10.2. The second kappa shape index (κ2) is 7.84. The van der Waals surface area contributed by atoms with E-state index in [4.69, 9.17) is 19.1 Å². The summed E-state index contributed by atoms with van der Waals surface area (Å²) >= 11 is 8.21. The maximum atomic E-state index is 5.27. The zero-order valence-corrected chi connectivity index (χ0v) is 9.58. The van der Waals surface area contributed by atoms with E-state index in [2.05, 4.69) is 25.3 Å². The van der Waals surface area contributed by atoms with Crippen LogP contribution >= 0.6 is 25.3 Å². The third kappa shape index (κ3) is 4.90. The number of hydrogen-bond donors (Lipinski definition) is 2. The van der Waals surface area contributed by atoms with Crippen molar-refractivity contribution < 1.29 is 19.1 Å². The summed E-state index contributed by atoms with van der Waals surface area (Å²) < 4.78 is 10.4. The molecule has 1 radical (unpaired) electrons. The molecule has 0 aromatic carbocycles. The van der Waals surface area contributed by atoms with Crippen LogP contribution in [0.15, 0.2) is 0 Å². The van der Waals surface area contributed by atoms with Gasteiger partial charge in [-0.2, -0.15) is 25.3 Å². The summed E-state index contributed by atoms with van der Waals surface area (Å²) in [6.07, 6.45) is 0.567. The minimum absolute atomic E-state index is 0.0637. The average Bonchev–Trinajstić information content (AvgIpc) is 2.30. The molecular weight excluding hydrogens is 223 g/mol. The van der Waals surface area contributed by atoms with Crippen LogP contribution in [-0.4, -0.2) is 44.6 Å². The van der Waals surface area contributed by atoms with Gasteiger partial charge in [-0.05, 0) is 12.2 Å². The predicted octanol–water partition coefficient (Wildman–Crippen LogP) is 0.502. The molecule has 0 bridgehead atoms. The molecule has 2 unspecified atom stereocenters. The zero-order chi connectivity index (χ0) is 10.2. The predicted molar refractivity (Wildman–Crippen MR) is 59.7 cm³/mol. The SMILES string of the molecule is SCCC1COOC(CS)CO[B]O1. The van der Waals surface area contributed by atoms with E-state index in [1.54, 1.807) is 0 Å². The van der Waals surface area contributed by atoms with E-state index >= 15 is 0 Å². The summed E-state index contributed by atoms with van der Waals surface area (Å²) in [7, 11) is 1.34. The highest BCUT2D eigenvalue weighted by Crippen LogP contribution is 2.06. The van der Waals surface area contributed by atoms with Crippen molar-refractivity contribution in [3.63, 3.8) is 0 Å². The molecule has 1 saturated heterocycles. The number of rotatable bonds is 3. The van der Waals surface area contributed by atoms with Gasteiger partial charge in [0.05, 0.1) is 12.7 Å². The first-order valence-electron chi connectivity index (χ1n) is 4.45. The van der Waals surface area contributed by atoms with E-state index in [1.807, 2.05) is 0 Å². The van der Waals surface area contributed by atoms with Gasteiger partial charge >= 0.3 is 7.69 Å². The van der Waals surface area contributed by atoms with Crippen molar-refractivity contribution in [2.45, 2.75) is 18.6 Å². The fraction of sp³-hybridized carbons (Fsp3) is 1.00. The second-order valence-electron chi connectivity index (χ2n) is 2.89. The molecule has 1 aliphatic heterocycles. The van der Waals surface area contributed by atoms with Gasteiger partial charge < -0.3 is 9.31 Å². The van der Waals surface area contributed by atoms with Crippen molar-refractivity contribution in [1.82, 2.24) is 0 Å².